The fraction of sp³-hybridized carbons (Fsp3) is 0.368. The topological polar surface area (TPSA) is 61.1 Å². The molecule has 1 saturated heterocycles. The number of nitrogens with one attached hydrogen (secondary N) is 1. The van der Waals surface area contributed by atoms with Crippen molar-refractivity contribution in [3.63, 3.8) is 0 Å². The number of furan rings is 1. The van der Waals surface area contributed by atoms with E-state index >= 15 is 0 Å². The number of carbonyl (C=O) groups excluding carboxylic acids is 1. The van der Waals surface area contributed by atoms with Gasteiger partial charge in [0.15, 0.2) is 0 Å². The van der Waals surface area contributed by atoms with Crippen LogP contribution in [-0.4, -0.2) is 54.6 Å². The van der Waals surface area contributed by atoms with Gasteiger partial charge in [-0.15, -0.1) is 0 Å². The molecule has 1 amide bonds. The molecular weight excluding hydrogens is 316 g/mol. The maximum absolute atomic E-state index is 11.8. The van der Waals surface area contributed by atoms with Gasteiger partial charge in [-0.1, -0.05) is 30.3 Å². The van der Waals surface area contributed by atoms with Gasteiger partial charge in [-0.3, -0.25) is 9.69 Å². The van der Waals surface area contributed by atoms with E-state index in [-0.39, 0.29) is 5.91 Å². The lowest BCUT2D eigenvalue weighted by Gasteiger charge is -2.34. The van der Waals surface area contributed by atoms with E-state index in [0.717, 1.165) is 39.3 Å². The van der Waals surface area contributed by atoms with Gasteiger partial charge in [0.2, 0.25) is 5.91 Å². The molecule has 2 aromatic rings. The summed E-state index contributed by atoms with van der Waals surface area (Å²) in [5.41, 5.74) is 3.89. The van der Waals surface area contributed by atoms with Crippen LogP contribution in [0.4, 0.5) is 0 Å². The van der Waals surface area contributed by atoms with E-state index in [1.807, 2.05) is 6.07 Å². The zero-order chi connectivity index (χ0) is 17.3. The molecule has 132 valence electrons. The van der Waals surface area contributed by atoms with Crippen molar-refractivity contribution >= 4 is 12.1 Å². The highest BCUT2D eigenvalue weighted by Gasteiger charge is 2.17. The summed E-state index contributed by atoms with van der Waals surface area (Å²) in [5.74, 6) is 0.546. The summed E-state index contributed by atoms with van der Waals surface area (Å²) in [6.45, 7) is 5.82. The molecule has 1 N–H and O–H groups in total. The molecule has 6 nitrogen and oxygen atoms in total. The van der Waals surface area contributed by atoms with Crippen LogP contribution in [0, 0.1) is 0 Å². The van der Waals surface area contributed by atoms with E-state index in [1.54, 1.807) is 18.4 Å². The van der Waals surface area contributed by atoms with Gasteiger partial charge in [-0.2, -0.15) is 5.10 Å². The number of amides is 1. The third-order valence-electron chi connectivity index (χ3n) is 4.29. The maximum Gasteiger partial charge on any atom is 0.241 e. The molecule has 0 aliphatic carbocycles. The van der Waals surface area contributed by atoms with Gasteiger partial charge >= 0.3 is 0 Å². The Balaban J connectivity index is 1.31. The van der Waals surface area contributed by atoms with E-state index in [0.29, 0.717) is 12.2 Å². The number of rotatable bonds is 7. The summed E-state index contributed by atoms with van der Waals surface area (Å²) in [6.07, 6.45) is 3.52. The Morgan fingerprint density at radius 2 is 1.84 bits per heavy atom. The summed E-state index contributed by atoms with van der Waals surface area (Å²) in [5, 5.41) is 3.89. The normalized spacial score (nSPS) is 16.3. The van der Waals surface area contributed by atoms with Crippen molar-refractivity contribution in [2.45, 2.75) is 13.0 Å². The largest absolute Gasteiger partial charge is 0.463 e. The molecule has 1 aliphatic rings. The van der Waals surface area contributed by atoms with Crippen LogP contribution in [0.1, 0.15) is 17.7 Å². The molecule has 6 heteroatoms. The Bertz CT molecular complexity index is 662. The minimum atomic E-state index is -0.0745. The smallest absolute Gasteiger partial charge is 0.241 e. The zero-order valence-electron chi connectivity index (χ0n) is 14.3. The minimum absolute atomic E-state index is 0.0745. The number of benzene rings is 1. The van der Waals surface area contributed by atoms with Crippen LogP contribution >= 0.6 is 0 Å². The first-order valence-corrected chi connectivity index (χ1v) is 8.63. The van der Waals surface area contributed by atoms with E-state index in [2.05, 4.69) is 44.6 Å². The lowest BCUT2D eigenvalue weighted by atomic mass is 10.2. The van der Waals surface area contributed by atoms with Crippen molar-refractivity contribution in [3.8, 4) is 0 Å². The van der Waals surface area contributed by atoms with Gasteiger partial charge in [0.25, 0.3) is 0 Å². The van der Waals surface area contributed by atoms with Crippen molar-refractivity contribution in [3.05, 3.63) is 60.1 Å². The Kier molecular flexibility index (Phi) is 6.36. The van der Waals surface area contributed by atoms with Crippen molar-refractivity contribution in [2.24, 2.45) is 5.10 Å². The Morgan fingerprint density at radius 3 is 2.56 bits per heavy atom. The SMILES string of the molecule is O=C(CCN1CCN(Cc2ccccc2)CC1)N/N=C\c1ccco1. The lowest BCUT2D eigenvalue weighted by molar-refractivity contribution is -0.121. The highest BCUT2D eigenvalue weighted by Crippen LogP contribution is 2.08. The van der Waals surface area contributed by atoms with Crippen molar-refractivity contribution in [1.82, 2.24) is 15.2 Å². The second-order valence-corrected chi connectivity index (χ2v) is 6.16. The van der Waals surface area contributed by atoms with Crippen LogP contribution in [0.25, 0.3) is 0 Å². The second kappa shape index (κ2) is 9.15. The summed E-state index contributed by atoms with van der Waals surface area (Å²) < 4.78 is 5.11. The van der Waals surface area contributed by atoms with Crippen LogP contribution in [-0.2, 0) is 11.3 Å². The van der Waals surface area contributed by atoms with Gasteiger partial charge in [0.05, 0.1) is 12.5 Å². The fourth-order valence-corrected chi connectivity index (χ4v) is 2.86. The molecule has 0 bridgehead atoms. The predicted octanol–water partition coefficient (Wildman–Crippen LogP) is 1.94. The number of hydrogen-bond donors (Lipinski definition) is 1. The molecule has 0 spiro atoms. The number of hydrogen-bond acceptors (Lipinski definition) is 5. The molecule has 0 unspecified atom stereocenters. The summed E-state index contributed by atoms with van der Waals surface area (Å²) in [4.78, 5) is 16.6. The third-order valence-corrected chi connectivity index (χ3v) is 4.29. The minimum Gasteiger partial charge on any atom is -0.463 e. The molecule has 1 aromatic heterocycles. The van der Waals surface area contributed by atoms with Gasteiger partial charge in [-0.25, -0.2) is 5.43 Å². The third kappa shape index (κ3) is 5.85. The summed E-state index contributed by atoms with van der Waals surface area (Å²) >= 11 is 0. The van der Waals surface area contributed by atoms with E-state index in [4.69, 9.17) is 4.42 Å². The average molecular weight is 340 g/mol. The number of nitrogens with zero attached hydrogens (tertiary/aromatic N) is 3. The number of piperazine rings is 1. The molecule has 1 fully saturated rings. The highest BCUT2D eigenvalue weighted by molar-refractivity contribution is 5.80. The number of hydrazone groups is 1. The number of carbonyl (C=O) groups is 1. The Morgan fingerprint density at radius 1 is 1.08 bits per heavy atom. The summed E-state index contributed by atoms with van der Waals surface area (Å²) in [7, 11) is 0. The Labute approximate surface area is 148 Å². The van der Waals surface area contributed by atoms with Crippen LogP contribution in [0.5, 0.6) is 0 Å². The van der Waals surface area contributed by atoms with Crippen molar-refractivity contribution in [2.75, 3.05) is 32.7 Å². The average Bonchev–Trinajstić information content (AvgIpc) is 3.15. The molecule has 1 aliphatic heterocycles. The second-order valence-electron chi connectivity index (χ2n) is 6.16. The fourth-order valence-electron chi connectivity index (χ4n) is 2.86. The molecule has 25 heavy (non-hydrogen) atoms. The van der Waals surface area contributed by atoms with Crippen LogP contribution in [0.15, 0.2) is 58.2 Å². The molecule has 0 radical (unpaired) electrons. The van der Waals surface area contributed by atoms with E-state index < -0.39 is 0 Å². The van der Waals surface area contributed by atoms with Gasteiger partial charge < -0.3 is 9.32 Å². The van der Waals surface area contributed by atoms with Crippen LogP contribution in [0.3, 0.4) is 0 Å². The van der Waals surface area contributed by atoms with Crippen LogP contribution < -0.4 is 5.43 Å². The first kappa shape index (κ1) is 17.4. The maximum atomic E-state index is 11.8. The molecule has 0 atom stereocenters. The van der Waals surface area contributed by atoms with Gasteiger partial charge in [-0.05, 0) is 17.7 Å². The van der Waals surface area contributed by atoms with E-state index in [9.17, 15) is 4.79 Å². The lowest BCUT2D eigenvalue weighted by Crippen LogP contribution is -2.46. The highest BCUT2D eigenvalue weighted by atomic mass is 16.3. The van der Waals surface area contributed by atoms with Gasteiger partial charge in [0.1, 0.15) is 5.76 Å². The Hall–Kier alpha value is -2.44. The molecule has 2 heterocycles. The quantitative estimate of drug-likeness (QED) is 0.618. The predicted molar refractivity (Wildman–Crippen MR) is 97.2 cm³/mol. The van der Waals surface area contributed by atoms with E-state index in [1.165, 1.54) is 11.8 Å². The zero-order valence-corrected chi connectivity index (χ0v) is 14.3. The van der Waals surface area contributed by atoms with Crippen molar-refractivity contribution < 1.29 is 9.21 Å². The standard InChI is InChI=1S/C19H24N4O2/c24-19(21-20-15-18-7-4-14-25-18)8-9-22-10-12-23(13-11-22)16-17-5-2-1-3-6-17/h1-7,14-15H,8-13,16H2,(H,21,24)/b20-15-. The van der Waals surface area contributed by atoms with Crippen molar-refractivity contribution in [1.29, 1.82) is 0 Å². The van der Waals surface area contributed by atoms with Crippen LogP contribution in [0.2, 0.25) is 0 Å². The molecule has 3 rings (SSSR count). The molecule has 0 saturated carbocycles. The summed E-state index contributed by atoms with van der Waals surface area (Å²) in [6, 6.07) is 14.1. The monoisotopic (exact) mass is 340 g/mol. The molecular formula is C19H24N4O2. The first-order chi connectivity index (χ1) is 12.3. The van der Waals surface area contributed by atoms with Gasteiger partial charge in [0, 0.05) is 45.7 Å². The molecule has 1 aromatic carbocycles. The first-order valence-electron chi connectivity index (χ1n) is 8.63.